The molecule has 0 fully saturated rings. The first-order valence-electron chi connectivity index (χ1n) is 6.39. The zero-order valence-corrected chi connectivity index (χ0v) is 10.9. The van der Waals surface area contributed by atoms with Crippen LogP contribution in [0.5, 0.6) is 0 Å². The van der Waals surface area contributed by atoms with E-state index in [-0.39, 0.29) is 18.6 Å². The molecule has 0 aliphatic rings. The van der Waals surface area contributed by atoms with E-state index in [1.54, 1.807) is 6.07 Å². The molecule has 1 aromatic carbocycles. The molecule has 100 valence electrons. The number of nitrogens with one attached hydrogen (secondary N) is 1. The Balaban J connectivity index is 2.17. The molecule has 2 rings (SSSR count). The van der Waals surface area contributed by atoms with Crippen LogP contribution in [0.3, 0.4) is 0 Å². The normalized spacial score (nSPS) is 12.1. The van der Waals surface area contributed by atoms with E-state index < -0.39 is 0 Å². The fourth-order valence-electron chi connectivity index (χ4n) is 1.86. The van der Waals surface area contributed by atoms with Gasteiger partial charge in [0.1, 0.15) is 0 Å². The number of aliphatic hydroxyl groups is 1. The van der Waals surface area contributed by atoms with Gasteiger partial charge in [0.15, 0.2) is 0 Å². The van der Waals surface area contributed by atoms with Crippen molar-refractivity contribution in [1.82, 2.24) is 9.88 Å². The van der Waals surface area contributed by atoms with Crippen molar-refractivity contribution in [3.8, 4) is 5.69 Å². The lowest BCUT2D eigenvalue weighted by Gasteiger charge is -2.14. The first-order valence-corrected chi connectivity index (χ1v) is 6.39. The van der Waals surface area contributed by atoms with Crippen LogP contribution in [0.4, 0.5) is 0 Å². The van der Waals surface area contributed by atoms with Crippen LogP contribution in [0.1, 0.15) is 23.7 Å². The van der Waals surface area contributed by atoms with Gasteiger partial charge in [-0.2, -0.15) is 0 Å². The predicted molar refractivity (Wildman–Crippen MR) is 74.4 cm³/mol. The summed E-state index contributed by atoms with van der Waals surface area (Å²) in [7, 11) is 0. The van der Waals surface area contributed by atoms with Crippen LogP contribution in [0.15, 0.2) is 48.8 Å². The van der Waals surface area contributed by atoms with E-state index in [9.17, 15) is 4.79 Å². The van der Waals surface area contributed by atoms with Gasteiger partial charge < -0.3 is 15.0 Å². The van der Waals surface area contributed by atoms with E-state index in [4.69, 9.17) is 5.11 Å². The molecular formula is C15H18N2O2. The number of rotatable bonds is 5. The highest BCUT2D eigenvalue weighted by Gasteiger charge is 2.11. The number of benzene rings is 1. The van der Waals surface area contributed by atoms with Gasteiger partial charge >= 0.3 is 0 Å². The summed E-state index contributed by atoms with van der Waals surface area (Å²) in [5.74, 6) is -0.157. The van der Waals surface area contributed by atoms with Gasteiger partial charge in [0.25, 0.3) is 5.91 Å². The summed E-state index contributed by atoms with van der Waals surface area (Å²) < 4.78 is 1.94. The lowest BCUT2D eigenvalue weighted by molar-refractivity contribution is 0.0915. The number of hydrogen-bond acceptors (Lipinski definition) is 2. The third-order valence-electron chi connectivity index (χ3n) is 3.06. The van der Waals surface area contributed by atoms with Crippen LogP contribution in [-0.2, 0) is 0 Å². The maximum Gasteiger partial charge on any atom is 0.251 e. The van der Waals surface area contributed by atoms with Crippen molar-refractivity contribution in [2.45, 2.75) is 19.4 Å². The lowest BCUT2D eigenvalue weighted by Crippen LogP contribution is -2.36. The lowest BCUT2D eigenvalue weighted by atomic mass is 10.1. The molecule has 2 aromatic rings. The molecular weight excluding hydrogens is 240 g/mol. The Morgan fingerprint density at radius 2 is 2.05 bits per heavy atom. The molecule has 0 bridgehead atoms. The molecule has 1 amide bonds. The molecule has 0 radical (unpaired) electrons. The van der Waals surface area contributed by atoms with Crippen molar-refractivity contribution < 1.29 is 9.90 Å². The minimum Gasteiger partial charge on any atom is -0.394 e. The Hall–Kier alpha value is -2.07. The highest BCUT2D eigenvalue weighted by atomic mass is 16.3. The monoisotopic (exact) mass is 258 g/mol. The SMILES string of the molecule is CC[C@H](CO)NC(=O)c1cccc(-n2cccc2)c1. The molecule has 0 saturated carbocycles. The third kappa shape index (κ3) is 3.23. The summed E-state index contributed by atoms with van der Waals surface area (Å²) in [4.78, 5) is 12.1. The highest BCUT2D eigenvalue weighted by molar-refractivity contribution is 5.94. The Bertz CT molecular complexity index is 531. The Kier molecular flexibility index (Phi) is 4.36. The molecule has 4 nitrogen and oxygen atoms in total. The van der Waals surface area contributed by atoms with E-state index in [0.29, 0.717) is 12.0 Å². The Morgan fingerprint density at radius 1 is 1.32 bits per heavy atom. The number of carbonyl (C=O) groups is 1. The highest BCUT2D eigenvalue weighted by Crippen LogP contribution is 2.11. The van der Waals surface area contributed by atoms with Crippen molar-refractivity contribution in [3.63, 3.8) is 0 Å². The van der Waals surface area contributed by atoms with Crippen LogP contribution >= 0.6 is 0 Å². The number of carbonyl (C=O) groups excluding carboxylic acids is 1. The van der Waals surface area contributed by atoms with Crippen LogP contribution < -0.4 is 5.32 Å². The van der Waals surface area contributed by atoms with Gasteiger partial charge in [-0.25, -0.2) is 0 Å². The summed E-state index contributed by atoms with van der Waals surface area (Å²) in [6, 6.07) is 11.1. The summed E-state index contributed by atoms with van der Waals surface area (Å²) in [6.45, 7) is 1.89. The van der Waals surface area contributed by atoms with Gasteiger partial charge in [0.05, 0.1) is 12.6 Å². The Labute approximate surface area is 112 Å². The number of nitrogens with zero attached hydrogens (tertiary/aromatic N) is 1. The molecule has 0 unspecified atom stereocenters. The van der Waals surface area contributed by atoms with Gasteiger partial charge in [0.2, 0.25) is 0 Å². The minimum absolute atomic E-state index is 0.0421. The van der Waals surface area contributed by atoms with Crippen molar-refractivity contribution in [2.24, 2.45) is 0 Å². The second-order valence-corrected chi connectivity index (χ2v) is 4.40. The molecule has 0 aliphatic carbocycles. The van der Waals surface area contributed by atoms with Crippen molar-refractivity contribution in [2.75, 3.05) is 6.61 Å². The van der Waals surface area contributed by atoms with Crippen molar-refractivity contribution in [3.05, 3.63) is 54.4 Å². The molecule has 19 heavy (non-hydrogen) atoms. The van der Waals surface area contributed by atoms with Gasteiger partial charge in [-0.15, -0.1) is 0 Å². The smallest absolute Gasteiger partial charge is 0.251 e. The Morgan fingerprint density at radius 3 is 2.68 bits per heavy atom. The van der Waals surface area contributed by atoms with Crippen LogP contribution in [0, 0.1) is 0 Å². The average molecular weight is 258 g/mol. The molecule has 2 N–H and O–H groups in total. The molecule has 1 aromatic heterocycles. The molecule has 1 heterocycles. The van der Waals surface area contributed by atoms with Gasteiger partial charge in [0, 0.05) is 23.6 Å². The maximum atomic E-state index is 12.1. The minimum atomic E-state index is -0.192. The van der Waals surface area contributed by atoms with Crippen LogP contribution in [0.2, 0.25) is 0 Å². The summed E-state index contributed by atoms with van der Waals surface area (Å²) in [6.07, 6.45) is 4.57. The van der Waals surface area contributed by atoms with Crippen molar-refractivity contribution in [1.29, 1.82) is 0 Å². The van der Waals surface area contributed by atoms with Gasteiger partial charge in [-0.3, -0.25) is 4.79 Å². The molecule has 4 heteroatoms. The van der Waals surface area contributed by atoms with Gasteiger partial charge in [-0.1, -0.05) is 13.0 Å². The van der Waals surface area contributed by atoms with Crippen LogP contribution in [0.25, 0.3) is 5.69 Å². The fourth-order valence-corrected chi connectivity index (χ4v) is 1.86. The maximum absolute atomic E-state index is 12.1. The predicted octanol–water partition coefficient (Wildman–Crippen LogP) is 1.98. The number of aliphatic hydroxyl groups excluding tert-OH is 1. The van der Waals surface area contributed by atoms with E-state index in [1.807, 2.05) is 54.2 Å². The zero-order valence-electron chi connectivity index (χ0n) is 10.9. The molecule has 0 aliphatic heterocycles. The number of aromatic nitrogens is 1. The first kappa shape index (κ1) is 13.4. The quantitative estimate of drug-likeness (QED) is 0.861. The van der Waals surface area contributed by atoms with E-state index in [1.165, 1.54) is 0 Å². The van der Waals surface area contributed by atoms with E-state index in [2.05, 4.69) is 5.32 Å². The second kappa shape index (κ2) is 6.20. The first-order chi connectivity index (χ1) is 9.24. The average Bonchev–Trinajstić information content (AvgIpc) is 2.99. The fraction of sp³-hybridized carbons (Fsp3) is 0.267. The third-order valence-corrected chi connectivity index (χ3v) is 3.06. The van der Waals surface area contributed by atoms with Crippen LogP contribution in [-0.4, -0.2) is 28.2 Å². The summed E-state index contributed by atoms with van der Waals surface area (Å²) in [5, 5.41) is 11.9. The summed E-state index contributed by atoms with van der Waals surface area (Å²) in [5.41, 5.74) is 1.53. The molecule has 0 spiro atoms. The van der Waals surface area contributed by atoms with E-state index >= 15 is 0 Å². The van der Waals surface area contributed by atoms with Gasteiger partial charge in [-0.05, 0) is 36.8 Å². The summed E-state index contributed by atoms with van der Waals surface area (Å²) >= 11 is 0. The zero-order chi connectivity index (χ0) is 13.7. The number of hydrogen-bond donors (Lipinski definition) is 2. The molecule has 0 saturated heterocycles. The topological polar surface area (TPSA) is 54.3 Å². The molecule has 1 atom stereocenters. The number of amides is 1. The standard InChI is InChI=1S/C15H18N2O2/c1-2-13(11-18)16-15(19)12-6-5-7-14(10-12)17-8-3-4-9-17/h3-10,13,18H,2,11H2,1H3,(H,16,19)/t13-/m1/s1. The second-order valence-electron chi connectivity index (χ2n) is 4.40. The largest absolute Gasteiger partial charge is 0.394 e. The van der Waals surface area contributed by atoms with Crippen molar-refractivity contribution >= 4 is 5.91 Å². The van der Waals surface area contributed by atoms with E-state index in [0.717, 1.165) is 5.69 Å².